The first kappa shape index (κ1) is 16.6. The van der Waals surface area contributed by atoms with E-state index in [-0.39, 0.29) is 19.4 Å². The Kier molecular flexibility index (Phi) is 6.34. The van der Waals surface area contributed by atoms with E-state index in [1.807, 2.05) is 0 Å². The third-order valence-electron chi connectivity index (χ3n) is 2.47. The van der Waals surface area contributed by atoms with E-state index in [0.29, 0.717) is 4.88 Å². The monoisotopic (exact) mass is 313 g/mol. The van der Waals surface area contributed by atoms with Crippen LogP contribution in [0.25, 0.3) is 0 Å². The summed E-state index contributed by atoms with van der Waals surface area (Å²) in [4.78, 5) is 45.2. The van der Waals surface area contributed by atoms with Gasteiger partial charge in [0.05, 0.1) is 11.4 Å². The minimum Gasteiger partial charge on any atom is -0.480 e. The Labute approximate surface area is 124 Å². The molecule has 3 amide bonds. The van der Waals surface area contributed by atoms with Gasteiger partial charge in [-0.1, -0.05) is 6.07 Å². The number of carbonyl (C=O) groups excluding carboxylic acids is 3. The lowest BCUT2D eigenvalue weighted by Crippen LogP contribution is -2.45. The van der Waals surface area contributed by atoms with Crippen molar-refractivity contribution in [3.63, 3.8) is 0 Å². The summed E-state index contributed by atoms with van der Waals surface area (Å²) in [6.07, 6.45) is -0.256. The van der Waals surface area contributed by atoms with Crippen LogP contribution >= 0.6 is 11.3 Å². The fraction of sp³-hybridized carbons (Fsp3) is 0.333. The van der Waals surface area contributed by atoms with Crippen molar-refractivity contribution in [3.8, 4) is 0 Å². The normalized spacial score (nSPS) is 11.4. The van der Waals surface area contributed by atoms with Crippen molar-refractivity contribution in [1.29, 1.82) is 0 Å². The second-order valence-electron chi connectivity index (χ2n) is 4.12. The van der Waals surface area contributed by atoms with Crippen molar-refractivity contribution in [2.45, 2.75) is 18.9 Å². The number of carbonyl (C=O) groups is 4. The number of rotatable bonds is 8. The zero-order chi connectivity index (χ0) is 15.8. The fourth-order valence-electron chi connectivity index (χ4n) is 1.44. The van der Waals surface area contributed by atoms with Gasteiger partial charge in [0.15, 0.2) is 0 Å². The SMILES string of the molecule is NC(=O)CC[C@H](NC(=O)CNC(=O)c1cccs1)C(=O)O. The van der Waals surface area contributed by atoms with Crippen LogP contribution in [0.2, 0.25) is 0 Å². The molecule has 0 aliphatic carbocycles. The highest BCUT2D eigenvalue weighted by Crippen LogP contribution is 2.07. The third kappa shape index (κ3) is 6.04. The molecular weight excluding hydrogens is 298 g/mol. The molecule has 0 aliphatic rings. The van der Waals surface area contributed by atoms with E-state index in [9.17, 15) is 19.2 Å². The predicted octanol–water partition coefficient (Wildman–Crippen LogP) is -0.687. The Morgan fingerprint density at radius 3 is 2.57 bits per heavy atom. The molecule has 1 aromatic rings. The van der Waals surface area contributed by atoms with E-state index < -0.39 is 29.7 Å². The first-order valence-electron chi connectivity index (χ1n) is 6.02. The number of hydrogen-bond donors (Lipinski definition) is 4. The molecule has 0 aromatic carbocycles. The molecule has 8 nitrogen and oxygen atoms in total. The number of thiophene rings is 1. The first-order valence-corrected chi connectivity index (χ1v) is 6.90. The molecule has 1 atom stereocenters. The number of nitrogens with one attached hydrogen (secondary N) is 2. The van der Waals surface area contributed by atoms with Crippen molar-refractivity contribution < 1.29 is 24.3 Å². The number of carboxylic acids is 1. The Morgan fingerprint density at radius 1 is 1.33 bits per heavy atom. The van der Waals surface area contributed by atoms with E-state index in [0.717, 1.165) is 0 Å². The standard InChI is InChI=1S/C12H15N3O5S/c13-9(16)4-3-7(12(19)20)15-10(17)6-14-11(18)8-2-1-5-21-8/h1-2,5,7H,3-4,6H2,(H2,13,16)(H,14,18)(H,15,17)(H,19,20)/t7-/m0/s1. The maximum Gasteiger partial charge on any atom is 0.326 e. The third-order valence-corrected chi connectivity index (χ3v) is 3.34. The van der Waals surface area contributed by atoms with Crippen LogP contribution in [0, 0.1) is 0 Å². The molecule has 0 saturated heterocycles. The topological polar surface area (TPSA) is 139 Å². The van der Waals surface area contributed by atoms with Crippen LogP contribution in [0.4, 0.5) is 0 Å². The smallest absolute Gasteiger partial charge is 0.326 e. The van der Waals surface area contributed by atoms with Crippen LogP contribution in [-0.4, -0.2) is 41.4 Å². The summed E-state index contributed by atoms with van der Waals surface area (Å²) in [7, 11) is 0. The van der Waals surface area contributed by atoms with Gasteiger partial charge in [0.25, 0.3) is 5.91 Å². The van der Waals surface area contributed by atoms with Crippen LogP contribution in [-0.2, 0) is 14.4 Å². The van der Waals surface area contributed by atoms with E-state index in [4.69, 9.17) is 10.8 Å². The maximum atomic E-state index is 11.6. The summed E-state index contributed by atoms with van der Waals surface area (Å²) in [5.74, 6) is -2.99. The van der Waals surface area contributed by atoms with Gasteiger partial charge in [-0.15, -0.1) is 11.3 Å². The summed E-state index contributed by atoms with van der Waals surface area (Å²) in [6.45, 7) is -0.350. The van der Waals surface area contributed by atoms with E-state index in [2.05, 4.69) is 10.6 Å². The number of primary amides is 1. The molecule has 0 spiro atoms. The minimum absolute atomic E-state index is 0.102. The average Bonchev–Trinajstić information content (AvgIpc) is 2.94. The van der Waals surface area contributed by atoms with Gasteiger partial charge in [-0.3, -0.25) is 14.4 Å². The van der Waals surface area contributed by atoms with Crippen LogP contribution in [0.1, 0.15) is 22.5 Å². The predicted molar refractivity (Wildman–Crippen MR) is 74.6 cm³/mol. The lowest BCUT2D eigenvalue weighted by atomic mass is 10.1. The second-order valence-corrected chi connectivity index (χ2v) is 5.07. The molecule has 0 fully saturated rings. The molecule has 21 heavy (non-hydrogen) atoms. The van der Waals surface area contributed by atoms with Gasteiger partial charge in [-0.25, -0.2) is 4.79 Å². The van der Waals surface area contributed by atoms with E-state index in [1.165, 1.54) is 11.3 Å². The van der Waals surface area contributed by atoms with Gasteiger partial charge >= 0.3 is 5.97 Å². The molecule has 1 rings (SSSR count). The van der Waals surface area contributed by atoms with Gasteiger partial charge in [0.2, 0.25) is 11.8 Å². The molecule has 0 unspecified atom stereocenters. The minimum atomic E-state index is -1.27. The van der Waals surface area contributed by atoms with Crippen molar-refractivity contribution in [1.82, 2.24) is 10.6 Å². The van der Waals surface area contributed by atoms with Crippen LogP contribution in [0.5, 0.6) is 0 Å². The van der Waals surface area contributed by atoms with Gasteiger partial charge in [-0.2, -0.15) is 0 Å². The van der Waals surface area contributed by atoms with Gasteiger partial charge < -0.3 is 21.5 Å². The summed E-state index contributed by atoms with van der Waals surface area (Å²) in [6, 6.07) is 2.08. The number of hydrogen-bond acceptors (Lipinski definition) is 5. The largest absolute Gasteiger partial charge is 0.480 e. The average molecular weight is 313 g/mol. The summed E-state index contributed by atoms with van der Waals surface area (Å²) >= 11 is 1.22. The molecule has 9 heteroatoms. The zero-order valence-corrected chi connectivity index (χ0v) is 11.8. The Balaban J connectivity index is 2.41. The van der Waals surface area contributed by atoms with E-state index >= 15 is 0 Å². The summed E-state index contributed by atoms with van der Waals surface area (Å²) < 4.78 is 0. The highest BCUT2D eigenvalue weighted by atomic mass is 32.1. The number of carboxylic acid groups (broad SMARTS) is 1. The Morgan fingerprint density at radius 2 is 2.05 bits per heavy atom. The van der Waals surface area contributed by atoms with Crippen LogP contribution in [0.3, 0.4) is 0 Å². The molecule has 114 valence electrons. The highest BCUT2D eigenvalue weighted by Gasteiger charge is 2.20. The van der Waals surface area contributed by atoms with Gasteiger partial charge in [0.1, 0.15) is 6.04 Å². The molecule has 5 N–H and O–H groups in total. The molecule has 1 heterocycles. The quantitative estimate of drug-likeness (QED) is 0.503. The lowest BCUT2D eigenvalue weighted by molar-refractivity contribution is -0.142. The van der Waals surface area contributed by atoms with Gasteiger partial charge in [0, 0.05) is 6.42 Å². The van der Waals surface area contributed by atoms with Crippen LogP contribution in [0.15, 0.2) is 17.5 Å². The van der Waals surface area contributed by atoms with Crippen LogP contribution < -0.4 is 16.4 Å². The molecule has 0 radical (unpaired) electrons. The van der Waals surface area contributed by atoms with Crippen molar-refractivity contribution in [3.05, 3.63) is 22.4 Å². The number of nitrogens with two attached hydrogens (primary N) is 1. The summed E-state index contributed by atoms with van der Waals surface area (Å²) in [5.41, 5.74) is 4.92. The fourth-order valence-corrected chi connectivity index (χ4v) is 2.08. The molecule has 1 aromatic heterocycles. The Bertz CT molecular complexity index is 529. The zero-order valence-electron chi connectivity index (χ0n) is 11.0. The first-order chi connectivity index (χ1) is 9.90. The molecule has 0 bridgehead atoms. The van der Waals surface area contributed by atoms with Crippen molar-refractivity contribution in [2.75, 3.05) is 6.54 Å². The molecule has 0 saturated carbocycles. The lowest BCUT2D eigenvalue weighted by Gasteiger charge is -2.13. The Hall–Kier alpha value is -2.42. The van der Waals surface area contributed by atoms with Gasteiger partial charge in [-0.05, 0) is 17.9 Å². The summed E-state index contributed by atoms with van der Waals surface area (Å²) in [5, 5.41) is 15.2. The highest BCUT2D eigenvalue weighted by molar-refractivity contribution is 7.12. The number of amides is 3. The van der Waals surface area contributed by atoms with Crippen molar-refractivity contribution >= 4 is 35.0 Å². The molecular formula is C12H15N3O5S. The van der Waals surface area contributed by atoms with Crippen molar-refractivity contribution in [2.24, 2.45) is 5.73 Å². The molecule has 0 aliphatic heterocycles. The number of aliphatic carboxylic acids is 1. The maximum absolute atomic E-state index is 11.6. The van der Waals surface area contributed by atoms with E-state index in [1.54, 1.807) is 17.5 Å². The second kappa shape index (κ2) is 8.00.